The zero-order valence-corrected chi connectivity index (χ0v) is 16.9. The third-order valence-electron chi connectivity index (χ3n) is 4.57. The molecule has 0 unspecified atom stereocenters. The van der Waals surface area contributed by atoms with Crippen molar-refractivity contribution in [3.63, 3.8) is 0 Å². The molecule has 0 aliphatic carbocycles. The van der Waals surface area contributed by atoms with Crippen LogP contribution in [0.2, 0.25) is 0 Å². The predicted octanol–water partition coefficient (Wildman–Crippen LogP) is -0.271. The smallest absolute Gasteiger partial charge is 0.326 e. The highest BCUT2D eigenvalue weighted by Crippen LogP contribution is 2.06. The van der Waals surface area contributed by atoms with Crippen molar-refractivity contribution in [2.75, 3.05) is 0 Å². The summed E-state index contributed by atoms with van der Waals surface area (Å²) in [4.78, 5) is 48.1. The molecule has 0 aliphatic heterocycles. The number of hydrogen-bond acceptors (Lipinski definition) is 5. The first kappa shape index (κ1) is 23.6. The van der Waals surface area contributed by atoms with Gasteiger partial charge in [-0.2, -0.15) is 0 Å². The number of benzene rings is 2. The van der Waals surface area contributed by atoms with Gasteiger partial charge in [-0.25, -0.2) is 4.79 Å². The number of primary amides is 1. The number of aliphatic carboxylic acids is 1. The van der Waals surface area contributed by atoms with Crippen LogP contribution in [-0.2, 0) is 32.0 Å². The molecule has 0 fully saturated rings. The molecule has 0 aromatic heterocycles. The van der Waals surface area contributed by atoms with E-state index in [0.717, 1.165) is 5.56 Å². The summed E-state index contributed by atoms with van der Waals surface area (Å²) in [5.74, 6) is -3.56. The monoisotopic (exact) mass is 426 g/mol. The van der Waals surface area contributed by atoms with Crippen molar-refractivity contribution in [1.29, 1.82) is 0 Å². The molecule has 2 aromatic carbocycles. The Bertz CT molecular complexity index is 905. The van der Waals surface area contributed by atoms with Gasteiger partial charge in [-0.3, -0.25) is 14.4 Å². The molecule has 9 heteroatoms. The van der Waals surface area contributed by atoms with Crippen LogP contribution in [0.4, 0.5) is 0 Å². The zero-order chi connectivity index (χ0) is 22.8. The Balaban J connectivity index is 2.05. The highest BCUT2D eigenvalue weighted by Gasteiger charge is 2.29. The topological polar surface area (TPSA) is 165 Å². The van der Waals surface area contributed by atoms with Gasteiger partial charge in [0.1, 0.15) is 12.1 Å². The molecule has 0 saturated heterocycles. The number of amides is 3. The summed E-state index contributed by atoms with van der Waals surface area (Å²) in [6.45, 7) is 0. The van der Waals surface area contributed by atoms with E-state index in [9.17, 15) is 24.3 Å². The summed E-state index contributed by atoms with van der Waals surface area (Å²) in [5, 5.41) is 14.2. The SMILES string of the molecule is NC(=O)C[C@H](NC(=O)[C@@H](N)Cc1ccccc1)C(=O)N[C@@H](Cc1ccccc1)C(=O)O. The molecular weight excluding hydrogens is 400 g/mol. The van der Waals surface area contributed by atoms with Crippen LogP contribution in [0.1, 0.15) is 17.5 Å². The number of carbonyl (C=O) groups excluding carboxylic acids is 3. The van der Waals surface area contributed by atoms with Crippen LogP contribution < -0.4 is 22.1 Å². The van der Waals surface area contributed by atoms with Gasteiger partial charge in [-0.15, -0.1) is 0 Å². The van der Waals surface area contributed by atoms with Crippen molar-refractivity contribution in [2.45, 2.75) is 37.4 Å². The fraction of sp³-hybridized carbons (Fsp3) is 0.273. The van der Waals surface area contributed by atoms with E-state index in [2.05, 4.69) is 10.6 Å². The summed E-state index contributed by atoms with van der Waals surface area (Å²) >= 11 is 0. The minimum absolute atomic E-state index is 0.0344. The maximum atomic E-state index is 12.7. The minimum Gasteiger partial charge on any atom is -0.480 e. The zero-order valence-electron chi connectivity index (χ0n) is 16.9. The van der Waals surface area contributed by atoms with Crippen molar-refractivity contribution in [1.82, 2.24) is 10.6 Å². The van der Waals surface area contributed by atoms with Crippen LogP contribution in [0.3, 0.4) is 0 Å². The van der Waals surface area contributed by atoms with Crippen LogP contribution in [0.15, 0.2) is 60.7 Å². The molecule has 0 heterocycles. The van der Waals surface area contributed by atoms with Gasteiger partial charge in [0.25, 0.3) is 0 Å². The third-order valence-corrected chi connectivity index (χ3v) is 4.57. The summed E-state index contributed by atoms with van der Waals surface area (Å²) < 4.78 is 0. The van der Waals surface area contributed by atoms with Gasteiger partial charge in [0.05, 0.1) is 12.5 Å². The summed E-state index contributed by atoms with van der Waals surface area (Å²) in [5.41, 5.74) is 12.7. The van der Waals surface area contributed by atoms with Gasteiger partial charge in [-0.1, -0.05) is 60.7 Å². The number of carboxylic acids is 1. The molecule has 164 valence electrons. The van der Waals surface area contributed by atoms with Crippen molar-refractivity contribution in [2.24, 2.45) is 11.5 Å². The molecular formula is C22H26N4O5. The van der Waals surface area contributed by atoms with Crippen LogP contribution in [0.25, 0.3) is 0 Å². The fourth-order valence-corrected chi connectivity index (χ4v) is 2.97. The third kappa shape index (κ3) is 7.90. The average molecular weight is 426 g/mol. The maximum Gasteiger partial charge on any atom is 0.326 e. The molecule has 3 amide bonds. The molecule has 2 rings (SSSR count). The highest BCUT2D eigenvalue weighted by atomic mass is 16.4. The van der Waals surface area contributed by atoms with Gasteiger partial charge in [0.15, 0.2) is 0 Å². The second-order valence-electron chi connectivity index (χ2n) is 7.12. The van der Waals surface area contributed by atoms with Gasteiger partial charge < -0.3 is 27.2 Å². The molecule has 0 aliphatic rings. The van der Waals surface area contributed by atoms with E-state index in [0.29, 0.717) is 5.56 Å². The number of carbonyl (C=O) groups is 4. The van der Waals surface area contributed by atoms with Crippen molar-refractivity contribution in [3.8, 4) is 0 Å². The Morgan fingerprint density at radius 3 is 1.74 bits per heavy atom. The van der Waals surface area contributed by atoms with Crippen LogP contribution in [0, 0.1) is 0 Å². The number of rotatable bonds is 11. The predicted molar refractivity (Wildman–Crippen MR) is 114 cm³/mol. The largest absolute Gasteiger partial charge is 0.480 e. The standard InChI is InChI=1S/C22H26N4O5/c23-16(11-14-7-3-1-4-8-14)20(28)25-17(13-19(24)27)21(29)26-18(22(30)31)12-15-9-5-2-6-10-15/h1-10,16-18H,11-13,23H2,(H2,24,27)(H,25,28)(H,26,29)(H,30,31)/t16-,17-,18-/m0/s1. The van der Waals surface area contributed by atoms with E-state index in [1.165, 1.54) is 0 Å². The maximum absolute atomic E-state index is 12.7. The summed E-state index contributed by atoms with van der Waals surface area (Å²) in [7, 11) is 0. The second-order valence-corrected chi connectivity index (χ2v) is 7.12. The van der Waals surface area contributed by atoms with E-state index in [4.69, 9.17) is 11.5 Å². The molecule has 2 aromatic rings. The van der Waals surface area contributed by atoms with Gasteiger partial charge in [-0.05, 0) is 17.5 Å². The summed E-state index contributed by atoms with van der Waals surface area (Å²) in [6, 6.07) is 14.2. The van der Waals surface area contributed by atoms with Gasteiger partial charge in [0, 0.05) is 6.42 Å². The number of nitrogens with two attached hydrogens (primary N) is 2. The molecule has 7 N–H and O–H groups in total. The number of hydrogen-bond donors (Lipinski definition) is 5. The van der Waals surface area contributed by atoms with E-state index in [1.54, 1.807) is 30.3 Å². The van der Waals surface area contributed by atoms with Crippen molar-refractivity contribution < 1.29 is 24.3 Å². The lowest BCUT2D eigenvalue weighted by Gasteiger charge is -2.22. The molecule has 31 heavy (non-hydrogen) atoms. The fourth-order valence-electron chi connectivity index (χ4n) is 2.97. The molecule has 9 nitrogen and oxygen atoms in total. The lowest BCUT2D eigenvalue weighted by Crippen LogP contribution is -2.56. The quantitative estimate of drug-likeness (QED) is 0.332. The van der Waals surface area contributed by atoms with Gasteiger partial charge in [0.2, 0.25) is 17.7 Å². The lowest BCUT2D eigenvalue weighted by atomic mass is 10.0. The van der Waals surface area contributed by atoms with Crippen LogP contribution >= 0.6 is 0 Å². The van der Waals surface area contributed by atoms with Crippen LogP contribution in [0.5, 0.6) is 0 Å². The molecule has 0 spiro atoms. The molecule has 0 bridgehead atoms. The Morgan fingerprint density at radius 2 is 1.26 bits per heavy atom. The first-order valence-electron chi connectivity index (χ1n) is 9.71. The average Bonchev–Trinajstić information content (AvgIpc) is 2.73. The Hall–Kier alpha value is -3.72. The molecule has 0 radical (unpaired) electrons. The first-order valence-corrected chi connectivity index (χ1v) is 9.71. The van der Waals surface area contributed by atoms with E-state index in [1.807, 2.05) is 30.3 Å². The van der Waals surface area contributed by atoms with E-state index in [-0.39, 0.29) is 12.8 Å². The van der Waals surface area contributed by atoms with Gasteiger partial charge >= 0.3 is 5.97 Å². The number of carboxylic acid groups (broad SMARTS) is 1. The molecule has 0 saturated carbocycles. The Morgan fingerprint density at radius 1 is 0.774 bits per heavy atom. The Labute approximate surface area is 179 Å². The van der Waals surface area contributed by atoms with E-state index >= 15 is 0 Å². The van der Waals surface area contributed by atoms with Crippen molar-refractivity contribution >= 4 is 23.7 Å². The first-order chi connectivity index (χ1) is 14.8. The van der Waals surface area contributed by atoms with Crippen molar-refractivity contribution in [3.05, 3.63) is 71.8 Å². The van der Waals surface area contributed by atoms with E-state index < -0.39 is 48.2 Å². The van der Waals surface area contributed by atoms with Crippen LogP contribution in [-0.4, -0.2) is 46.9 Å². The lowest BCUT2D eigenvalue weighted by molar-refractivity contribution is -0.142. The molecule has 3 atom stereocenters. The normalized spacial score (nSPS) is 13.5. The highest BCUT2D eigenvalue weighted by molar-refractivity contribution is 5.94. The number of nitrogens with one attached hydrogen (secondary N) is 2. The Kier molecular flexibility index (Phi) is 8.71. The minimum atomic E-state index is -1.34. The second kappa shape index (κ2) is 11.5. The summed E-state index contributed by atoms with van der Waals surface area (Å²) in [6.07, 6.45) is -0.233.